The number of carbonyl (C=O) groups excluding carboxylic acids is 1. The third-order valence-corrected chi connectivity index (χ3v) is 5.27. The third-order valence-electron chi connectivity index (χ3n) is 3.74. The van der Waals surface area contributed by atoms with E-state index in [-0.39, 0.29) is 6.42 Å². The second-order valence-electron chi connectivity index (χ2n) is 5.52. The van der Waals surface area contributed by atoms with Crippen molar-refractivity contribution >= 4 is 16.1 Å². The van der Waals surface area contributed by atoms with Crippen molar-refractivity contribution in [3.63, 3.8) is 0 Å². The summed E-state index contributed by atoms with van der Waals surface area (Å²) in [6, 6.07) is 10.1. The van der Waals surface area contributed by atoms with Crippen LogP contribution in [0.25, 0.3) is 0 Å². The van der Waals surface area contributed by atoms with Gasteiger partial charge in [-0.3, -0.25) is 9.69 Å². The molecule has 1 fully saturated rings. The lowest BCUT2D eigenvalue weighted by Gasteiger charge is -2.33. The van der Waals surface area contributed by atoms with Crippen molar-refractivity contribution in [1.82, 2.24) is 13.9 Å². The highest BCUT2D eigenvalue weighted by atomic mass is 32.2. The summed E-state index contributed by atoms with van der Waals surface area (Å²) in [6.07, 6.45) is 2.19. The largest absolute Gasteiger partial charge is 0.303 e. The molecule has 0 radical (unpaired) electrons. The first-order chi connectivity index (χ1) is 11.0. The van der Waals surface area contributed by atoms with Crippen LogP contribution in [-0.4, -0.2) is 49.7 Å². The lowest BCUT2D eigenvalue weighted by Crippen LogP contribution is -2.52. The Hall–Kier alpha value is -1.70. The van der Waals surface area contributed by atoms with Gasteiger partial charge in [-0.15, -0.1) is 6.58 Å². The molecule has 126 valence electrons. The highest BCUT2D eigenvalue weighted by molar-refractivity contribution is 7.87. The van der Waals surface area contributed by atoms with Crippen molar-refractivity contribution in [3.05, 3.63) is 48.6 Å². The van der Waals surface area contributed by atoms with Crippen molar-refractivity contribution in [2.75, 3.05) is 26.2 Å². The zero-order valence-electron chi connectivity index (χ0n) is 13.1. The number of allylic oxidation sites excluding steroid dienone is 1. The Kier molecular flexibility index (Phi) is 6.32. The SMILES string of the molecule is C=CCCC(=O)NS(=O)(=O)N1CCN(Cc2ccccc2)CC1. The molecule has 0 saturated carbocycles. The van der Waals surface area contributed by atoms with E-state index < -0.39 is 16.1 Å². The maximum Gasteiger partial charge on any atom is 0.303 e. The van der Waals surface area contributed by atoms with Gasteiger partial charge in [0.1, 0.15) is 0 Å². The number of piperazine rings is 1. The van der Waals surface area contributed by atoms with Crippen LogP contribution in [0.5, 0.6) is 0 Å². The molecule has 0 aliphatic carbocycles. The molecular weight excluding hydrogens is 314 g/mol. The van der Waals surface area contributed by atoms with Crippen molar-refractivity contribution in [2.24, 2.45) is 0 Å². The van der Waals surface area contributed by atoms with E-state index in [1.807, 2.05) is 18.2 Å². The second kappa shape index (κ2) is 8.24. The van der Waals surface area contributed by atoms with Crippen LogP contribution in [0.1, 0.15) is 18.4 Å². The van der Waals surface area contributed by atoms with Gasteiger partial charge in [-0.05, 0) is 12.0 Å². The van der Waals surface area contributed by atoms with E-state index in [0.717, 1.165) is 6.54 Å². The highest BCUT2D eigenvalue weighted by Gasteiger charge is 2.28. The third kappa shape index (κ3) is 5.46. The molecule has 1 amide bonds. The molecule has 0 atom stereocenters. The Balaban J connectivity index is 1.83. The summed E-state index contributed by atoms with van der Waals surface area (Å²) in [4.78, 5) is 13.8. The molecule has 0 spiro atoms. The fourth-order valence-corrected chi connectivity index (χ4v) is 3.63. The Morgan fingerprint density at radius 1 is 1.17 bits per heavy atom. The smallest absolute Gasteiger partial charge is 0.296 e. The Bertz CT molecular complexity index is 623. The van der Waals surface area contributed by atoms with Crippen LogP contribution in [0.15, 0.2) is 43.0 Å². The van der Waals surface area contributed by atoms with Gasteiger partial charge in [0.25, 0.3) is 0 Å². The van der Waals surface area contributed by atoms with Gasteiger partial charge >= 0.3 is 10.2 Å². The van der Waals surface area contributed by atoms with Gasteiger partial charge in [0.2, 0.25) is 5.91 Å². The number of nitrogens with one attached hydrogen (secondary N) is 1. The minimum absolute atomic E-state index is 0.136. The molecule has 1 aliphatic heterocycles. The first-order valence-corrected chi connectivity index (χ1v) is 9.13. The zero-order valence-corrected chi connectivity index (χ0v) is 14.0. The molecule has 1 aliphatic rings. The van der Waals surface area contributed by atoms with E-state index in [9.17, 15) is 13.2 Å². The van der Waals surface area contributed by atoms with E-state index >= 15 is 0 Å². The maximum atomic E-state index is 12.2. The van der Waals surface area contributed by atoms with Gasteiger partial charge in [-0.2, -0.15) is 12.7 Å². The van der Waals surface area contributed by atoms with Crippen LogP contribution >= 0.6 is 0 Å². The molecule has 1 N–H and O–H groups in total. The van der Waals surface area contributed by atoms with Crippen molar-refractivity contribution < 1.29 is 13.2 Å². The molecule has 0 bridgehead atoms. The highest BCUT2D eigenvalue weighted by Crippen LogP contribution is 2.10. The van der Waals surface area contributed by atoms with Crippen LogP contribution in [-0.2, 0) is 21.5 Å². The molecule has 2 rings (SSSR count). The van der Waals surface area contributed by atoms with E-state index in [2.05, 4.69) is 28.3 Å². The summed E-state index contributed by atoms with van der Waals surface area (Å²) in [5.74, 6) is -0.489. The predicted octanol–water partition coefficient (Wildman–Crippen LogP) is 1.13. The van der Waals surface area contributed by atoms with E-state index in [4.69, 9.17) is 0 Å². The molecule has 23 heavy (non-hydrogen) atoms. The number of benzene rings is 1. The quantitative estimate of drug-likeness (QED) is 0.757. The first kappa shape index (κ1) is 17.7. The first-order valence-electron chi connectivity index (χ1n) is 7.69. The monoisotopic (exact) mass is 337 g/mol. The average molecular weight is 337 g/mol. The van der Waals surface area contributed by atoms with Gasteiger partial charge in [0, 0.05) is 39.1 Å². The van der Waals surface area contributed by atoms with Crippen LogP contribution in [0.2, 0.25) is 0 Å². The molecular formula is C16H23N3O3S. The number of nitrogens with zero attached hydrogens (tertiary/aromatic N) is 2. The standard InChI is InChI=1S/C16H23N3O3S/c1-2-3-9-16(20)17-23(21,22)19-12-10-18(11-13-19)14-15-7-5-4-6-8-15/h2,4-8H,1,3,9-14H2,(H,17,20). The fourth-order valence-electron chi connectivity index (χ4n) is 2.46. The van der Waals surface area contributed by atoms with Crippen LogP contribution in [0.4, 0.5) is 0 Å². The molecule has 6 nitrogen and oxygen atoms in total. The number of rotatable bonds is 7. The number of amides is 1. The number of carbonyl (C=O) groups is 1. The molecule has 7 heteroatoms. The summed E-state index contributed by atoms with van der Waals surface area (Å²) >= 11 is 0. The van der Waals surface area contributed by atoms with Crippen molar-refractivity contribution in [2.45, 2.75) is 19.4 Å². The zero-order chi connectivity index (χ0) is 16.7. The summed E-state index contributed by atoms with van der Waals surface area (Å²) in [6.45, 7) is 6.39. The van der Waals surface area contributed by atoms with Gasteiger partial charge in [-0.1, -0.05) is 36.4 Å². The molecule has 1 saturated heterocycles. The minimum Gasteiger partial charge on any atom is -0.296 e. The van der Waals surface area contributed by atoms with Gasteiger partial charge in [-0.25, -0.2) is 4.72 Å². The average Bonchev–Trinajstić information content (AvgIpc) is 2.54. The fraction of sp³-hybridized carbons (Fsp3) is 0.438. The minimum atomic E-state index is -3.74. The van der Waals surface area contributed by atoms with Gasteiger partial charge in [0.15, 0.2) is 0 Å². The number of hydrogen-bond donors (Lipinski definition) is 1. The maximum absolute atomic E-state index is 12.2. The Labute approximate surface area is 138 Å². The number of hydrogen-bond acceptors (Lipinski definition) is 4. The normalized spacial score (nSPS) is 16.9. The predicted molar refractivity (Wildman–Crippen MR) is 89.8 cm³/mol. The lowest BCUT2D eigenvalue weighted by molar-refractivity contribution is -0.119. The van der Waals surface area contributed by atoms with Crippen molar-refractivity contribution in [1.29, 1.82) is 0 Å². The second-order valence-corrected chi connectivity index (χ2v) is 7.19. The van der Waals surface area contributed by atoms with Gasteiger partial charge < -0.3 is 0 Å². The molecule has 1 aromatic carbocycles. The van der Waals surface area contributed by atoms with E-state index in [1.54, 1.807) is 6.08 Å². The lowest BCUT2D eigenvalue weighted by atomic mass is 10.2. The van der Waals surface area contributed by atoms with Gasteiger partial charge in [0.05, 0.1) is 0 Å². The van der Waals surface area contributed by atoms with Crippen molar-refractivity contribution in [3.8, 4) is 0 Å². The summed E-state index contributed by atoms with van der Waals surface area (Å²) in [5.41, 5.74) is 1.21. The molecule has 1 heterocycles. The van der Waals surface area contributed by atoms with Crippen LogP contribution in [0.3, 0.4) is 0 Å². The molecule has 0 unspecified atom stereocenters. The topological polar surface area (TPSA) is 69.7 Å². The Morgan fingerprint density at radius 2 is 1.83 bits per heavy atom. The Morgan fingerprint density at radius 3 is 2.43 bits per heavy atom. The molecule has 0 aromatic heterocycles. The van der Waals surface area contributed by atoms with E-state index in [0.29, 0.717) is 32.6 Å². The summed E-state index contributed by atoms with van der Waals surface area (Å²) in [7, 11) is -3.74. The van der Waals surface area contributed by atoms with Crippen LogP contribution < -0.4 is 4.72 Å². The summed E-state index contributed by atoms with van der Waals surface area (Å²) in [5, 5.41) is 0. The van der Waals surface area contributed by atoms with E-state index in [1.165, 1.54) is 9.87 Å². The summed E-state index contributed by atoms with van der Waals surface area (Å²) < 4.78 is 27.8. The molecule has 1 aromatic rings. The van der Waals surface area contributed by atoms with Crippen LogP contribution in [0, 0.1) is 0 Å².